The molecule has 0 aromatic heterocycles. The van der Waals surface area contributed by atoms with E-state index in [2.05, 4.69) is 4.99 Å². The molecule has 1 aliphatic heterocycles. The SMILES string of the molecule is CN(CCN1Cc2cc(Oc3ccccc3)ccc2N=C1N)C(=O)OC(C)(C)C. The summed E-state index contributed by atoms with van der Waals surface area (Å²) in [6.45, 7) is 7.16. The smallest absolute Gasteiger partial charge is 0.410 e. The molecule has 2 aromatic carbocycles. The van der Waals surface area contributed by atoms with E-state index in [0.29, 0.717) is 25.6 Å². The summed E-state index contributed by atoms with van der Waals surface area (Å²) in [5, 5.41) is 0. The van der Waals surface area contributed by atoms with Crippen LogP contribution in [0.2, 0.25) is 0 Å². The van der Waals surface area contributed by atoms with Crippen LogP contribution in [0.3, 0.4) is 0 Å². The van der Waals surface area contributed by atoms with Crippen molar-refractivity contribution in [1.29, 1.82) is 0 Å². The molecule has 1 aliphatic rings. The Labute approximate surface area is 171 Å². The highest BCUT2D eigenvalue weighted by atomic mass is 16.6. The standard InChI is InChI=1S/C22H28N4O3/c1-22(2,3)29-21(27)25(4)12-13-26-15-16-14-18(10-11-19(16)24-20(26)23)28-17-8-6-5-7-9-17/h5-11,14H,12-13,15H2,1-4H3,(H2,23,24). The highest BCUT2D eigenvalue weighted by molar-refractivity contribution is 5.83. The van der Waals surface area contributed by atoms with Gasteiger partial charge in [0.1, 0.15) is 17.1 Å². The molecule has 0 unspecified atom stereocenters. The number of para-hydroxylation sites is 1. The number of hydrogen-bond acceptors (Lipinski definition) is 6. The molecule has 0 bridgehead atoms. The summed E-state index contributed by atoms with van der Waals surface area (Å²) in [4.78, 5) is 20.1. The fraction of sp³-hybridized carbons (Fsp3) is 0.364. The van der Waals surface area contributed by atoms with E-state index in [4.69, 9.17) is 15.2 Å². The Hall–Kier alpha value is -3.22. The number of carbonyl (C=O) groups is 1. The van der Waals surface area contributed by atoms with Crippen molar-refractivity contribution in [3.8, 4) is 11.5 Å². The zero-order valence-electron chi connectivity index (χ0n) is 17.4. The lowest BCUT2D eigenvalue weighted by Gasteiger charge is -2.30. The van der Waals surface area contributed by atoms with E-state index in [0.717, 1.165) is 22.7 Å². The largest absolute Gasteiger partial charge is 0.457 e. The maximum atomic E-state index is 12.1. The van der Waals surface area contributed by atoms with Crippen molar-refractivity contribution < 1.29 is 14.3 Å². The Morgan fingerprint density at radius 3 is 2.59 bits per heavy atom. The molecule has 2 N–H and O–H groups in total. The van der Waals surface area contributed by atoms with E-state index in [9.17, 15) is 4.79 Å². The van der Waals surface area contributed by atoms with Gasteiger partial charge in [-0.2, -0.15) is 0 Å². The quantitative estimate of drug-likeness (QED) is 0.823. The third-order valence-corrected chi connectivity index (χ3v) is 4.36. The first-order valence-electron chi connectivity index (χ1n) is 9.60. The van der Waals surface area contributed by atoms with Crippen molar-refractivity contribution in [3.05, 3.63) is 54.1 Å². The van der Waals surface area contributed by atoms with Crippen molar-refractivity contribution in [1.82, 2.24) is 9.80 Å². The first-order chi connectivity index (χ1) is 13.7. The summed E-state index contributed by atoms with van der Waals surface area (Å²) in [5.41, 5.74) is 7.46. The van der Waals surface area contributed by atoms with Gasteiger partial charge in [0, 0.05) is 32.2 Å². The molecule has 7 heteroatoms. The summed E-state index contributed by atoms with van der Waals surface area (Å²) >= 11 is 0. The van der Waals surface area contributed by atoms with Gasteiger partial charge in [0.2, 0.25) is 0 Å². The predicted molar refractivity (Wildman–Crippen MR) is 114 cm³/mol. The van der Waals surface area contributed by atoms with E-state index in [1.807, 2.05) is 74.2 Å². The fourth-order valence-electron chi connectivity index (χ4n) is 2.86. The number of likely N-dealkylation sites (N-methyl/N-ethyl adjacent to an activating group) is 1. The van der Waals surface area contributed by atoms with E-state index in [1.54, 1.807) is 11.9 Å². The Balaban J connectivity index is 1.63. The third kappa shape index (κ3) is 5.63. The lowest BCUT2D eigenvalue weighted by molar-refractivity contribution is 0.0291. The third-order valence-electron chi connectivity index (χ3n) is 4.36. The van der Waals surface area contributed by atoms with Crippen LogP contribution in [0.1, 0.15) is 26.3 Å². The number of fused-ring (bicyclic) bond motifs is 1. The average molecular weight is 396 g/mol. The number of nitrogens with zero attached hydrogens (tertiary/aromatic N) is 3. The summed E-state index contributed by atoms with van der Waals surface area (Å²) in [6, 6.07) is 15.4. The first-order valence-corrected chi connectivity index (χ1v) is 9.60. The van der Waals surface area contributed by atoms with Crippen molar-refractivity contribution in [2.24, 2.45) is 10.7 Å². The van der Waals surface area contributed by atoms with Crippen LogP contribution in [0.5, 0.6) is 11.5 Å². The molecule has 0 fully saturated rings. The average Bonchev–Trinajstić information content (AvgIpc) is 2.66. The maximum absolute atomic E-state index is 12.1. The number of guanidine groups is 1. The zero-order valence-corrected chi connectivity index (χ0v) is 17.4. The molecule has 3 rings (SSSR count). The first kappa shape index (κ1) is 20.5. The highest BCUT2D eigenvalue weighted by Crippen LogP contribution is 2.31. The fourth-order valence-corrected chi connectivity index (χ4v) is 2.86. The molecule has 1 heterocycles. The van der Waals surface area contributed by atoms with Gasteiger partial charge in [0.25, 0.3) is 0 Å². The van der Waals surface area contributed by atoms with Crippen LogP contribution < -0.4 is 10.5 Å². The molecule has 1 amide bonds. The van der Waals surface area contributed by atoms with Crippen molar-refractivity contribution in [2.75, 3.05) is 20.1 Å². The Morgan fingerprint density at radius 1 is 1.17 bits per heavy atom. The molecule has 7 nitrogen and oxygen atoms in total. The molecule has 0 saturated heterocycles. The van der Waals surface area contributed by atoms with Crippen molar-refractivity contribution in [3.63, 3.8) is 0 Å². The monoisotopic (exact) mass is 396 g/mol. The summed E-state index contributed by atoms with van der Waals surface area (Å²) in [5.74, 6) is 1.96. The number of aliphatic imine (C=N–C) groups is 1. The van der Waals surface area contributed by atoms with Gasteiger partial charge in [0.15, 0.2) is 5.96 Å². The number of rotatable bonds is 5. The molecule has 0 spiro atoms. The normalized spacial score (nSPS) is 13.4. The van der Waals surface area contributed by atoms with E-state index in [-0.39, 0.29) is 6.09 Å². The van der Waals surface area contributed by atoms with Gasteiger partial charge >= 0.3 is 6.09 Å². The number of amides is 1. The zero-order chi connectivity index (χ0) is 21.0. The second kappa shape index (κ2) is 8.43. The Bertz CT molecular complexity index is 891. The van der Waals surface area contributed by atoms with Crippen LogP contribution in [0.15, 0.2) is 53.5 Å². The summed E-state index contributed by atoms with van der Waals surface area (Å²) in [7, 11) is 1.71. The van der Waals surface area contributed by atoms with Crippen molar-refractivity contribution >= 4 is 17.7 Å². The van der Waals surface area contributed by atoms with E-state index in [1.165, 1.54) is 0 Å². The van der Waals surface area contributed by atoms with E-state index < -0.39 is 5.60 Å². The molecular formula is C22H28N4O3. The topological polar surface area (TPSA) is 80.4 Å². The van der Waals surface area contributed by atoms with E-state index >= 15 is 0 Å². The molecule has 2 aromatic rings. The second-order valence-electron chi connectivity index (χ2n) is 8.00. The number of benzene rings is 2. The van der Waals surface area contributed by atoms with Gasteiger partial charge in [-0.25, -0.2) is 9.79 Å². The van der Waals surface area contributed by atoms with Crippen LogP contribution in [-0.2, 0) is 11.3 Å². The van der Waals surface area contributed by atoms with Gasteiger partial charge < -0.3 is 25.0 Å². The minimum Gasteiger partial charge on any atom is -0.457 e. The lowest BCUT2D eigenvalue weighted by Crippen LogP contribution is -2.44. The minimum absolute atomic E-state index is 0.357. The maximum Gasteiger partial charge on any atom is 0.410 e. The molecule has 154 valence electrons. The van der Waals surface area contributed by atoms with Crippen LogP contribution in [0, 0.1) is 0 Å². The summed E-state index contributed by atoms with van der Waals surface area (Å²) in [6.07, 6.45) is -0.357. The lowest BCUT2D eigenvalue weighted by atomic mass is 10.1. The van der Waals surface area contributed by atoms with Crippen LogP contribution >= 0.6 is 0 Å². The van der Waals surface area contributed by atoms with Gasteiger partial charge in [-0.1, -0.05) is 18.2 Å². The molecule has 0 radical (unpaired) electrons. The molecule has 0 aliphatic carbocycles. The van der Waals surface area contributed by atoms with Crippen LogP contribution in [-0.4, -0.2) is 47.6 Å². The summed E-state index contributed by atoms with van der Waals surface area (Å²) < 4.78 is 11.3. The highest BCUT2D eigenvalue weighted by Gasteiger charge is 2.22. The van der Waals surface area contributed by atoms with Gasteiger partial charge in [-0.3, -0.25) is 0 Å². The predicted octanol–water partition coefficient (Wildman–Crippen LogP) is 4.11. The Kier molecular flexibility index (Phi) is 5.96. The minimum atomic E-state index is -0.523. The second-order valence-corrected chi connectivity index (χ2v) is 8.00. The number of carbonyl (C=O) groups excluding carboxylic acids is 1. The van der Waals surface area contributed by atoms with Crippen molar-refractivity contribution in [2.45, 2.75) is 32.9 Å². The molecule has 0 atom stereocenters. The van der Waals surface area contributed by atoms with Crippen LogP contribution in [0.25, 0.3) is 0 Å². The number of nitrogens with two attached hydrogens (primary N) is 1. The van der Waals surface area contributed by atoms with Gasteiger partial charge in [-0.15, -0.1) is 0 Å². The van der Waals surface area contributed by atoms with Gasteiger partial charge in [0.05, 0.1) is 5.69 Å². The van der Waals surface area contributed by atoms with Crippen LogP contribution in [0.4, 0.5) is 10.5 Å². The molecule has 0 saturated carbocycles. The van der Waals surface area contributed by atoms with Gasteiger partial charge in [-0.05, 0) is 51.1 Å². The molecule has 29 heavy (non-hydrogen) atoms. The molecular weight excluding hydrogens is 368 g/mol. The number of hydrogen-bond donors (Lipinski definition) is 1. The number of ether oxygens (including phenoxy) is 2. The Morgan fingerprint density at radius 2 is 1.90 bits per heavy atom.